The van der Waals surface area contributed by atoms with Crippen molar-refractivity contribution in [3.05, 3.63) is 65.1 Å². The Hall–Kier alpha value is -2.26. The van der Waals surface area contributed by atoms with Crippen molar-refractivity contribution >= 4 is 17.2 Å². The lowest BCUT2D eigenvalue weighted by Gasteiger charge is -2.20. The second-order valence-electron chi connectivity index (χ2n) is 5.36. The summed E-state index contributed by atoms with van der Waals surface area (Å²) in [5, 5.41) is 13.0. The van der Waals surface area contributed by atoms with Crippen LogP contribution < -0.4 is 22.5 Å². The number of nitrogens with one attached hydrogen (secondary N) is 1. The van der Waals surface area contributed by atoms with Gasteiger partial charge < -0.3 is 26.9 Å². The summed E-state index contributed by atoms with van der Waals surface area (Å²) in [5.41, 5.74) is 2.25. The van der Waals surface area contributed by atoms with Crippen LogP contribution in [-0.4, -0.2) is 23.0 Å². The van der Waals surface area contributed by atoms with Gasteiger partial charge in [-0.15, -0.1) is 0 Å². The molecule has 25 heavy (non-hydrogen) atoms. The Labute approximate surface area is 159 Å². The molecule has 130 valence electrons. The van der Waals surface area contributed by atoms with Crippen molar-refractivity contribution in [1.29, 1.82) is 5.26 Å². The van der Waals surface area contributed by atoms with Crippen molar-refractivity contribution in [3.8, 4) is 11.8 Å². The third kappa shape index (κ3) is 4.23. The molecule has 2 aromatic heterocycles. The van der Waals surface area contributed by atoms with Crippen molar-refractivity contribution < 1.29 is 18.6 Å². The molecule has 0 radical (unpaired) electrons. The van der Waals surface area contributed by atoms with Crippen molar-refractivity contribution in [2.45, 2.75) is 12.5 Å². The van der Waals surface area contributed by atoms with Crippen molar-refractivity contribution in [1.82, 2.24) is 14.7 Å². The summed E-state index contributed by atoms with van der Waals surface area (Å²) >= 11 is 6.06. The maximum atomic E-state index is 9.30. The van der Waals surface area contributed by atoms with E-state index in [9.17, 15) is 5.26 Å². The van der Waals surface area contributed by atoms with Crippen LogP contribution in [0.3, 0.4) is 0 Å². The van der Waals surface area contributed by atoms with Gasteiger partial charge in [-0.3, -0.25) is 0 Å². The van der Waals surface area contributed by atoms with Gasteiger partial charge in [-0.05, 0) is 37.9 Å². The zero-order valence-electron chi connectivity index (χ0n) is 14.6. The van der Waals surface area contributed by atoms with Gasteiger partial charge in [0.2, 0.25) is 0 Å². The number of halogens is 2. The first-order chi connectivity index (χ1) is 11.7. The molecule has 2 heterocycles. The molecule has 0 aliphatic heterocycles. The van der Waals surface area contributed by atoms with Crippen LogP contribution in [0.2, 0.25) is 5.02 Å². The highest BCUT2D eigenvalue weighted by Gasteiger charge is 2.19. The largest absolute Gasteiger partial charge is 1.00 e. The number of fused-ring (bicyclic) bond motifs is 1. The maximum Gasteiger partial charge on any atom is 1.00 e. The standard InChI is InChI=1S/C18H17ClN4O.ClH/c1-21-8-7-16(15-12-22-18-4-2-3-9-23(15)18)24-17-10-14(19)6-5-13(17)11-20;/h2-6,9-10,12,16,21H,7-8H2,1H3;1H. The fraction of sp³-hybridized carbons (Fsp3) is 0.222. The normalized spacial score (nSPS) is 11.6. The van der Waals surface area contributed by atoms with E-state index in [0.717, 1.165) is 24.3 Å². The zero-order chi connectivity index (χ0) is 16.9. The van der Waals surface area contributed by atoms with E-state index in [2.05, 4.69) is 16.4 Å². The predicted octanol–water partition coefficient (Wildman–Crippen LogP) is 0.705. The number of imidazole rings is 1. The summed E-state index contributed by atoms with van der Waals surface area (Å²) in [7, 11) is 1.89. The summed E-state index contributed by atoms with van der Waals surface area (Å²) in [6.07, 6.45) is 4.25. The van der Waals surface area contributed by atoms with Gasteiger partial charge in [-0.1, -0.05) is 17.7 Å². The number of ether oxygens (including phenoxy) is 1. The summed E-state index contributed by atoms with van der Waals surface area (Å²) in [6, 6.07) is 13.0. The van der Waals surface area contributed by atoms with Crippen LogP contribution in [0.15, 0.2) is 48.8 Å². The first-order valence-electron chi connectivity index (χ1n) is 7.66. The zero-order valence-corrected chi connectivity index (χ0v) is 15.1. The fourth-order valence-electron chi connectivity index (χ4n) is 2.57. The molecule has 0 bridgehead atoms. The smallest absolute Gasteiger partial charge is 1.00 e. The van der Waals surface area contributed by atoms with E-state index in [1.54, 1.807) is 18.2 Å². The van der Waals surface area contributed by atoms with Gasteiger partial charge in [0.15, 0.2) is 0 Å². The summed E-state index contributed by atoms with van der Waals surface area (Å²) in [6.45, 7) is 0.771. The highest BCUT2D eigenvalue weighted by Crippen LogP contribution is 2.30. The van der Waals surface area contributed by atoms with Gasteiger partial charge in [-0.25, -0.2) is 4.98 Å². The molecule has 0 aliphatic rings. The van der Waals surface area contributed by atoms with E-state index in [1.807, 2.05) is 42.0 Å². The van der Waals surface area contributed by atoms with Gasteiger partial charge in [0.25, 0.3) is 0 Å². The highest BCUT2D eigenvalue weighted by atomic mass is 35.5. The summed E-state index contributed by atoms with van der Waals surface area (Å²) < 4.78 is 8.16. The molecule has 1 atom stereocenters. The van der Waals surface area contributed by atoms with Gasteiger partial charge in [0.05, 0.1) is 17.5 Å². The van der Waals surface area contributed by atoms with Crippen LogP contribution in [0.5, 0.6) is 5.75 Å². The van der Waals surface area contributed by atoms with Crippen molar-refractivity contribution in [3.63, 3.8) is 0 Å². The van der Waals surface area contributed by atoms with Crippen LogP contribution in [0, 0.1) is 11.3 Å². The number of hydrogen-bond donors (Lipinski definition) is 1. The number of rotatable bonds is 6. The Morgan fingerprint density at radius 2 is 2.24 bits per heavy atom. The average molecular weight is 377 g/mol. The number of hydrogen-bond acceptors (Lipinski definition) is 4. The quantitative estimate of drug-likeness (QED) is 0.687. The second-order valence-corrected chi connectivity index (χ2v) is 5.80. The van der Waals surface area contributed by atoms with Crippen LogP contribution in [-0.2, 0) is 0 Å². The third-order valence-corrected chi connectivity index (χ3v) is 4.00. The average Bonchev–Trinajstić information content (AvgIpc) is 3.03. The Balaban J connectivity index is 0.00000169. The van der Waals surface area contributed by atoms with Crippen LogP contribution in [0.4, 0.5) is 0 Å². The molecule has 0 saturated carbocycles. The van der Waals surface area contributed by atoms with Crippen LogP contribution in [0.1, 0.15) is 25.2 Å². The molecular formula is C18H18Cl2N4O. The minimum atomic E-state index is -0.250. The molecule has 1 aromatic carbocycles. The molecule has 0 spiro atoms. The minimum absolute atomic E-state index is 0. The van der Waals surface area contributed by atoms with Gasteiger partial charge in [0, 0.05) is 23.7 Å². The molecule has 3 aromatic rings. The molecule has 1 unspecified atom stereocenters. The monoisotopic (exact) mass is 376 g/mol. The molecule has 0 aliphatic carbocycles. The number of nitrogens with zero attached hydrogens (tertiary/aromatic N) is 3. The topological polar surface area (TPSA) is 62.3 Å². The Bertz CT molecular complexity index is 894. The maximum absolute atomic E-state index is 9.30. The van der Waals surface area contributed by atoms with E-state index < -0.39 is 0 Å². The molecule has 0 saturated heterocycles. The number of nitriles is 1. The van der Waals surface area contributed by atoms with Gasteiger partial charge in [0.1, 0.15) is 23.6 Å². The molecule has 5 nitrogen and oxygen atoms in total. The molecule has 1 N–H and O–H groups in total. The fourth-order valence-corrected chi connectivity index (χ4v) is 2.73. The number of aromatic nitrogens is 2. The van der Waals surface area contributed by atoms with Gasteiger partial charge >= 0.3 is 1.43 Å². The van der Waals surface area contributed by atoms with Crippen molar-refractivity contribution in [2.24, 2.45) is 0 Å². The molecule has 7 heteroatoms. The van der Waals surface area contributed by atoms with Crippen molar-refractivity contribution in [2.75, 3.05) is 13.6 Å². The number of benzene rings is 1. The van der Waals surface area contributed by atoms with E-state index in [4.69, 9.17) is 16.3 Å². The lowest BCUT2D eigenvalue weighted by Crippen LogP contribution is -3.00. The van der Waals surface area contributed by atoms with E-state index >= 15 is 0 Å². The summed E-state index contributed by atoms with van der Waals surface area (Å²) in [5.74, 6) is 0.483. The lowest BCUT2D eigenvalue weighted by molar-refractivity contribution is -0.00000588. The first-order valence-corrected chi connectivity index (χ1v) is 8.03. The Morgan fingerprint density at radius 3 is 3.00 bits per heavy atom. The van der Waals surface area contributed by atoms with Gasteiger partial charge in [-0.2, -0.15) is 5.26 Å². The third-order valence-electron chi connectivity index (χ3n) is 3.77. The predicted molar refractivity (Wildman–Crippen MR) is 94.4 cm³/mol. The molecule has 3 rings (SSSR count). The minimum Gasteiger partial charge on any atom is -1.00 e. The van der Waals surface area contributed by atoms with E-state index in [-0.39, 0.29) is 19.9 Å². The molecule has 0 amide bonds. The van der Waals surface area contributed by atoms with Crippen LogP contribution >= 0.6 is 11.6 Å². The summed E-state index contributed by atoms with van der Waals surface area (Å²) in [4.78, 5) is 4.42. The highest BCUT2D eigenvalue weighted by molar-refractivity contribution is 6.30. The Morgan fingerprint density at radius 1 is 1.40 bits per heavy atom. The van der Waals surface area contributed by atoms with E-state index in [1.165, 1.54) is 0 Å². The van der Waals surface area contributed by atoms with Crippen LogP contribution in [0.25, 0.3) is 5.65 Å². The first kappa shape index (κ1) is 19.1. The van der Waals surface area contributed by atoms with E-state index in [0.29, 0.717) is 16.3 Å². The second kappa shape index (κ2) is 8.72. The molecular weight excluding hydrogens is 359 g/mol. The molecule has 0 fully saturated rings. The SMILES string of the molecule is CNCCC(Oc1cc(Cl)ccc1C#N)c1cnc2ccccn12.[Cl-].[H+]. The lowest BCUT2D eigenvalue weighted by atomic mass is 10.1. The Kier molecular flexibility index (Phi) is 6.65. The number of pyridine rings is 1.